The zero-order chi connectivity index (χ0) is 22.7. The van der Waals surface area contributed by atoms with Gasteiger partial charge in [-0.1, -0.05) is 6.07 Å². The van der Waals surface area contributed by atoms with E-state index >= 15 is 0 Å². The lowest BCUT2D eigenvalue weighted by Gasteiger charge is -2.38. The van der Waals surface area contributed by atoms with Crippen molar-refractivity contribution in [1.29, 1.82) is 0 Å². The molecule has 8 nitrogen and oxygen atoms in total. The monoisotopic (exact) mass is 441 g/mol. The first-order chi connectivity index (χ1) is 15.4. The van der Waals surface area contributed by atoms with Crippen molar-refractivity contribution in [3.8, 4) is 5.69 Å². The molecule has 3 aromatic rings. The van der Waals surface area contributed by atoms with E-state index in [9.17, 15) is 13.6 Å². The second-order valence-electron chi connectivity index (χ2n) is 7.75. The second-order valence-corrected chi connectivity index (χ2v) is 7.75. The van der Waals surface area contributed by atoms with Crippen molar-refractivity contribution in [2.24, 2.45) is 5.73 Å². The molecule has 0 spiro atoms. The lowest BCUT2D eigenvalue weighted by Crippen LogP contribution is -2.56. The summed E-state index contributed by atoms with van der Waals surface area (Å²) in [5, 5.41) is 13.2. The summed E-state index contributed by atoms with van der Waals surface area (Å²) in [6.45, 7) is 0. The molecule has 2 atom stereocenters. The number of amides is 1. The van der Waals surface area contributed by atoms with E-state index in [1.807, 2.05) is 36.5 Å². The summed E-state index contributed by atoms with van der Waals surface area (Å²) >= 11 is 0. The van der Waals surface area contributed by atoms with Gasteiger partial charge in [-0.15, -0.1) is 0 Å². The molecule has 1 saturated carbocycles. The molecule has 0 aliphatic heterocycles. The van der Waals surface area contributed by atoms with Crippen LogP contribution in [0, 0.1) is 0 Å². The molecule has 1 amide bonds. The smallest absolute Gasteiger partial charge is 0.265 e. The summed E-state index contributed by atoms with van der Waals surface area (Å²) in [4.78, 5) is 16.4. The Morgan fingerprint density at radius 2 is 2.09 bits per heavy atom. The quantitative estimate of drug-likeness (QED) is 0.448. The van der Waals surface area contributed by atoms with Gasteiger partial charge in [-0.2, -0.15) is 5.10 Å². The van der Waals surface area contributed by atoms with E-state index in [4.69, 9.17) is 5.73 Å². The molecular formula is C22H25F2N7O. The molecule has 1 aliphatic carbocycles. The van der Waals surface area contributed by atoms with Crippen LogP contribution < -0.4 is 21.7 Å². The predicted molar refractivity (Wildman–Crippen MR) is 119 cm³/mol. The Labute approximate surface area is 184 Å². The lowest BCUT2D eigenvalue weighted by atomic mass is 9.87. The van der Waals surface area contributed by atoms with Gasteiger partial charge in [-0.05, 0) is 56.3 Å². The Kier molecular flexibility index (Phi) is 6.04. The lowest BCUT2D eigenvalue weighted by molar-refractivity contribution is -0.0654. The summed E-state index contributed by atoms with van der Waals surface area (Å²) < 4.78 is 30.3. The first-order valence-electron chi connectivity index (χ1n) is 10.4. The fraction of sp³-hybridized carbons (Fsp3) is 0.318. The van der Waals surface area contributed by atoms with Crippen molar-refractivity contribution < 1.29 is 13.6 Å². The van der Waals surface area contributed by atoms with Gasteiger partial charge in [0.05, 0.1) is 17.3 Å². The third-order valence-electron chi connectivity index (χ3n) is 5.57. The summed E-state index contributed by atoms with van der Waals surface area (Å²) in [7, 11) is 1.53. The van der Waals surface area contributed by atoms with Gasteiger partial charge in [-0.25, -0.2) is 18.4 Å². The van der Waals surface area contributed by atoms with Gasteiger partial charge in [0.2, 0.25) is 0 Å². The van der Waals surface area contributed by atoms with Gasteiger partial charge in [0.15, 0.2) is 0 Å². The molecule has 168 valence electrons. The molecule has 4 rings (SSSR count). The molecule has 1 fully saturated rings. The van der Waals surface area contributed by atoms with E-state index in [-0.39, 0.29) is 17.8 Å². The van der Waals surface area contributed by atoms with Crippen LogP contribution in [0.3, 0.4) is 0 Å². The van der Waals surface area contributed by atoms with E-state index in [1.54, 1.807) is 16.9 Å². The van der Waals surface area contributed by atoms with Crippen LogP contribution in [-0.2, 0) is 0 Å². The average molecular weight is 441 g/mol. The summed E-state index contributed by atoms with van der Waals surface area (Å²) in [6, 6.07) is 10.8. The van der Waals surface area contributed by atoms with E-state index in [1.165, 1.54) is 13.1 Å². The van der Waals surface area contributed by atoms with Crippen LogP contribution in [-0.4, -0.2) is 45.7 Å². The number of halogens is 2. The van der Waals surface area contributed by atoms with Gasteiger partial charge in [-0.3, -0.25) is 4.79 Å². The minimum absolute atomic E-state index is 0.149. The van der Waals surface area contributed by atoms with Crippen LogP contribution >= 0.6 is 0 Å². The van der Waals surface area contributed by atoms with Crippen LogP contribution in [0.25, 0.3) is 5.69 Å². The predicted octanol–water partition coefficient (Wildman–Crippen LogP) is 3.30. The molecular weight excluding hydrogens is 416 g/mol. The zero-order valence-electron chi connectivity index (χ0n) is 17.6. The van der Waals surface area contributed by atoms with Crippen molar-refractivity contribution >= 4 is 23.2 Å². The summed E-state index contributed by atoms with van der Waals surface area (Å²) in [6.07, 6.45) is 4.33. The van der Waals surface area contributed by atoms with Crippen LogP contribution in [0.5, 0.6) is 0 Å². The molecule has 2 aromatic heterocycles. The number of anilines is 3. The highest BCUT2D eigenvalue weighted by atomic mass is 19.3. The van der Waals surface area contributed by atoms with Crippen molar-refractivity contribution in [2.45, 2.75) is 37.3 Å². The van der Waals surface area contributed by atoms with Crippen molar-refractivity contribution in [3.63, 3.8) is 0 Å². The van der Waals surface area contributed by atoms with Crippen molar-refractivity contribution in [1.82, 2.24) is 20.1 Å². The topological polar surface area (TPSA) is 110 Å². The van der Waals surface area contributed by atoms with Gasteiger partial charge in [0.25, 0.3) is 11.8 Å². The minimum atomic E-state index is -2.81. The molecule has 2 heterocycles. The maximum Gasteiger partial charge on any atom is 0.265 e. The van der Waals surface area contributed by atoms with Crippen LogP contribution in [0.2, 0.25) is 0 Å². The minimum Gasteiger partial charge on any atom is -0.365 e. The number of nitrogens with two attached hydrogens (primary N) is 1. The van der Waals surface area contributed by atoms with Gasteiger partial charge < -0.3 is 21.7 Å². The molecule has 1 aromatic carbocycles. The van der Waals surface area contributed by atoms with Crippen LogP contribution in [0.4, 0.5) is 26.1 Å². The number of rotatable bonds is 7. The first kappa shape index (κ1) is 21.7. The molecule has 0 radical (unpaired) electrons. The third-order valence-corrected chi connectivity index (χ3v) is 5.57. The molecule has 0 saturated heterocycles. The van der Waals surface area contributed by atoms with Crippen LogP contribution in [0.15, 0.2) is 54.9 Å². The Morgan fingerprint density at radius 1 is 1.25 bits per heavy atom. The SMILES string of the molecule is CNC1[C@H](Nc2ccc(C(N)=O)c(Nc3cccc(-n4cccn4)c3)n2)CCCC1(F)F. The molecule has 0 bridgehead atoms. The van der Waals surface area contributed by atoms with Gasteiger partial charge >= 0.3 is 0 Å². The number of carbonyl (C=O) groups is 1. The molecule has 5 N–H and O–H groups in total. The average Bonchev–Trinajstić information content (AvgIpc) is 3.28. The normalized spacial score (nSPS) is 20.0. The number of nitrogens with one attached hydrogen (secondary N) is 3. The van der Waals surface area contributed by atoms with E-state index in [0.29, 0.717) is 24.3 Å². The van der Waals surface area contributed by atoms with Crippen LogP contribution in [0.1, 0.15) is 29.6 Å². The number of nitrogens with zero attached hydrogens (tertiary/aromatic N) is 3. The number of likely N-dealkylation sites (N-methyl/N-ethyl adjacent to an activating group) is 1. The first-order valence-corrected chi connectivity index (χ1v) is 10.4. The maximum absolute atomic E-state index is 14.3. The number of primary amides is 1. The van der Waals surface area contributed by atoms with Gasteiger partial charge in [0.1, 0.15) is 11.6 Å². The number of pyridine rings is 1. The molecule has 10 heteroatoms. The van der Waals surface area contributed by atoms with E-state index in [0.717, 1.165) is 5.69 Å². The fourth-order valence-electron chi connectivity index (χ4n) is 4.05. The largest absolute Gasteiger partial charge is 0.365 e. The number of benzene rings is 1. The van der Waals surface area contributed by atoms with Crippen molar-refractivity contribution in [3.05, 3.63) is 60.4 Å². The zero-order valence-corrected chi connectivity index (χ0v) is 17.6. The Bertz CT molecular complexity index is 1090. The highest BCUT2D eigenvalue weighted by Gasteiger charge is 2.46. The highest BCUT2D eigenvalue weighted by Crippen LogP contribution is 2.35. The standard InChI is InChI=1S/C22H25F2N7O/c1-26-19-17(7-3-10-22(19,23)24)29-18-9-8-16(20(25)32)21(30-18)28-14-5-2-6-15(13-14)31-12-4-11-27-31/h2,4-6,8-9,11-13,17,19,26H,3,7,10H2,1H3,(H2,25,32)(H2,28,29,30)/t17-,19?/m1/s1. The summed E-state index contributed by atoms with van der Waals surface area (Å²) in [5.41, 5.74) is 7.20. The number of alkyl halides is 2. The summed E-state index contributed by atoms with van der Waals surface area (Å²) in [5.74, 6) is -2.84. The van der Waals surface area contributed by atoms with E-state index < -0.39 is 23.9 Å². The molecule has 32 heavy (non-hydrogen) atoms. The molecule has 1 unspecified atom stereocenters. The van der Waals surface area contributed by atoms with Crippen molar-refractivity contribution in [2.75, 3.05) is 17.7 Å². The maximum atomic E-state index is 14.3. The third kappa shape index (κ3) is 4.54. The number of hydrogen-bond acceptors (Lipinski definition) is 6. The second kappa shape index (κ2) is 8.91. The molecule has 1 aliphatic rings. The fourth-order valence-corrected chi connectivity index (χ4v) is 4.05. The number of carbonyl (C=O) groups excluding carboxylic acids is 1. The Hall–Kier alpha value is -3.53. The van der Waals surface area contributed by atoms with E-state index in [2.05, 4.69) is 26.0 Å². The Morgan fingerprint density at radius 3 is 2.81 bits per heavy atom. The number of hydrogen-bond donors (Lipinski definition) is 4. The highest BCUT2D eigenvalue weighted by molar-refractivity contribution is 5.98. The Balaban J connectivity index is 1.60. The number of aromatic nitrogens is 3. The van der Waals surface area contributed by atoms with Gasteiger partial charge in [0, 0.05) is 30.5 Å².